The molecule has 1 aromatic heterocycles. The largest absolute Gasteiger partial charge is 0.397 e. The first-order valence-corrected chi connectivity index (χ1v) is 6.67. The molecular formula is C13H11BrClN3O. The van der Waals surface area contributed by atoms with Crippen LogP contribution in [0.25, 0.3) is 0 Å². The minimum atomic E-state index is -0.305. The van der Waals surface area contributed by atoms with Crippen molar-refractivity contribution in [3.63, 3.8) is 0 Å². The Morgan fingerprint density at radius 3 is 2.89 bits per heavy atom. The highest BCUT2D eigenvalue weighted by atomic mass is 79.9. The van der Waals surface area contributed by atoms with Crippen LogP contribution in [0.1, 0.15) is 15.9 Å². The third kappa shape index (κ3) is 3.45. The summed E-state index contributed by atoms with van der Waals surface area (Å²) < 4.78 is 0.937. The lowest BCUT2D eigenvalue weighted by Crippen LogP contribution is -2.23. The number of hydrogen-bond donors (Lipinski definition) is 2. The first-order chi connectivity index (χ1) is 9.08. The van der Waals surface area contributed by atoms with E-state index in [1.807, 2.05) is 24.3 Å². The molecule has 1 amide bonds. The number of aromatic nitrogens is 1. The zero-order valence-electron chi connectivity index (χ0n) is 9.86. The van der Waals surface area contributed by atoms with Crippen LogP contribution in [-0.4, -0.2) is 10.9 Å². The van der Waals surface area contributed by atoms with E-state index in [0.717, 1.165) is 10.0 Å². The second-order valence-corrected chi connectivity index (χ2v) is 5.09. The van der Waals surface area contributed by atoms with Gasteiger partial charge < -0.3 is 11.1 Å². The monoisotopic (exact) mass is 339 g/mol. The Morgan fingerprint density at radius 1 is 1.42 bits per heavy atom. The first-order valence-electron chi connectivity index (χ1n) is 5.50. The van der Waals surface area contributed by atoms with Crippen LogP contribution < -0.4 is 11.1 Å². The van der Waals surface area contributed by atoms with Crippen molar-refractivity contribution < 1.29 is 4.79 Å². The number of anilines is 1. The number of pyridine rings is 1. The van der Waals surface area contributed by atoms with Crippen molar-refractivity contribution >= 4 is 39.1 Å². The number of amides is 1. The van der Waals surface area contributed by atoms with E-state index in [2.05, 4.69) is 26.2 Å². The molecule has 4 nitrogen and oxygen atoms in total. The highest BCUT2D eigenvalue weighted by Crippen LogP contribution is 2.17. The van der Waals surface area contributed by atoms with Gasteiger partial charge in [0.05, 0.1) is 17.4 Å². The maximum atomic E-state index is 12.0. The molecular weight excluding hydrogens is 330 g/mol. The Hall–Kier alpha value is -1.59. The Balaban J connectivity index is 2.10. The van der Waals surface area contributed by atoms with Crippen molar-refractivity contribution in [3.8, 4) is 0 Å². The van der Waals surface area contributed by atoms with E-state index in [1.165, 1.54) is 12.3 Å². The number of benzene rings is 1. The molecule has 0 radical (unpaired) electrons. The summed E-state index contributed by atoms with van der Waals surface area (Å²) in [6.45, 7) is 0.394. The molecule has 0 spiro atoms. The maximum Gasteiger partial charge on any atom is 0.254 e. The van der Waals surface area contributed by atoms with Gasteiger partial charge in [-0.2, -0.15) is 0 Å². The molecule has 0 fully saturated rings. The molecule has 0 bridgehead atoms. The zero-order valence-corrected chi connectivity index (χ0v) is 12.2. The number of nitrogens with zero attached hydrogens (tertiary/aromatic N) is 1. The van der Waals surface area contributed by atoms with Crippen LogP contribution in [0.4, 0.5) is 5.69 Å². The van der Waals surface area contributed by atoms with E-state index in [9.17, 15) is 4.79 Å². The van der Waals surface area contributed by atoms with E-state index in [-0.39, 0.29) is 16.6 Å². The van der Waals surface area contributed by atoms with Gasteiger partial charge in [-0.1, -0.05) is 45.7 Å². The van der Waals surface area contributed by atoms with Crippen LogP contribution in [-0.2, 0) is 6.54 Å². The van der Waals surface area contributed by atoms with Crippen LogP contribution in [0.5, 0.6) is 0 Å². The fourth-order valence-electron chi connectivity index (χ4n) is 1.54. The number of carbonyl (C=O) groups excluding carboxylic acids is 1. The van der Waals surface area contributed by atoms with Crippen LogP contribution in [0.15, 0.2) is 41.0 Å². The summed E-state index contributed by atoms with van der Waals surface area (Å²) in [7, 11) is 0. The summed E-state index contributed by atoms with van der Waals surface area (Å²) in [4.78, 5) is 15.8. The molecule has 0 aliphatic carbocycles. The van der Waals surface area contributed by atoms with Gasteiger partial charge in [-0.3, -0.25) is 4.79 Å². The lowest BCUT2D eigenvalue weighted by Gasteiger charge is -2.08. The van der Waals surface area contributed by atoms with E-state index in [4.69, 9.17) is 17.3 Å². The number of nitrogens with two attached hydrogens (primary N) is 1. The summed E-state index contributed by atoms with van der Waals surface area (Å²) >= 11 is 9.29. The molecule has 98 valence electrons. The molecule has 2 aromatic rings. The van der Waals surface area contributed by atoms with Gasteiger partial charge in [0.1, 0.15) is 5.15 Å². The molecule has 2 rings (SSSR count). The van der Waals surface area contributed by atoms with Crippen molar-refractivity contribution in [2.24, 2.45) is 0 Å². The number of carbonyl (C=O) groups is 1. The third-order valence-electron chi connectivity index (χ3n) is 2.50. The average molecular weight is 341 g/mol. The summed E-state index contributed by atoms with van der Waals surface area (Å²) in [5, 5.41) is 2.91. The van der Waals surface area contributed by atoms with E-state index >= 15 is 0 Å². The summed E-state index contributed by atoms with van der Waals surface area (Å²) in [5.74, 6) is -0.305. The zero-order chi connectivity index (χ0) is 13.8. The van der Waals surface area contributed by atoms with Gasteiger partial charge >= 0.3 is 0 Å². The minimum absolute atomic E-state index is 0.138. The maximum absolute atomic E-state index is 12.0. The normalized spacial score (nSPS) is 10.2. The average Bonchev–Trinajstić information content (AvgIpc) is 2.40. The second-order valence-electron chi connectivity index (χ2n) is 3.88. The molecule has 1 aromatic carbocycles. The Morgan fingerprint density at radius 2 is 2.16 bits per heavy atom. The van der Waals surface area contributed by atoms with Crippen molar-refractivity contribution in [1.82, 2.24) is 10.3 Å². The van der Waals surface area contributed by atoms with E-state index in [1.54, 1.807) is 0 Å². The van der Waals surface area contributed by atoms with Crippen molar-refractivity contribution in [1.29, 1.82) is 0 Å². The Labute approximate surface area is 124 Å². The number of rotatable bonds is 3. The molecule has 19 heavy (non-hydrogen) atoms. The predicted octanol–water partition coefficient (Wildman–Crippen LogP) is 3.01. The SMILES string of the molecule is Nc1cnc(Cl)c(C(=O)NCc2ccccc2Br)c1. The highest BCUT2D eigenvalue weighted by Gasteiger charge is 2.12. The standard InChI is InChI=1S/C13H11BrClN3O/c14-11-4-2-1-3-8(11)6-18-13(19)10-5-9(16)7-17-12(10)15/h1-5,7H,6,16H2,(H,18,19). The molecule has 0 unspecified atom stereocenters. The molecule has 0 aliphatic heterocycles. The summed E-state index contributed by atoms with van der Waals surface area (Å²) in [5.41, 5.74) is 7.23. The lowest BCUT2D eigenvalue weighted by atomic mass is 10.2. The van der Waals surface area contributed by atoms with Gasteiger partial charge in [0.15, 0.2) is 0 Å². The lowest BCUT2D eigenvalue weighted by molar-refractivity contribution is 0.0950. The molecule has 0 saturated carbocycles. The molecule has 0 saturated heterocycles. The summed E-state index contributed by atoms with van der Waals surface area (Å²) in [6.07, 6.45) is 1.41. The number of halogens is 2. The quantitative estimate of drug-likeness (QED) is 0.844. The first kappa shape index (κ1) is 13.8. The predicted molar refractivity (Wildman–Crippen MR) is 79.0 cm³/mol. The molecule has 1 heterocycles. The van der Waals surface area contributed by atoms with Crippen LogP contribution in [0.2, 0.25) is 5.15 Å². The molecule has 6 heteroatoms. The van der Waals surface area contributed by atoms with Crippen molar-refractivity contribution in [2.45, 2.75) is 6.54 Å². The number of nitrogen functional groups attached to an aromatic ring is 1. The molecule has 0 atom stereocenters. The van der Waals surface area contributed by atoms with Gasteiger partial charge in [0.2, 0.25) is 0 Å². The van der Waals surface area contributed by atoms with Crippen LogP contribution in [0.3, 0.4) is 0 Å². The smallest absolute Gasteiger partial charge is 0.254 e. The van der Waals surface area contributed by atoms with Crippen LogP contribution in [0, 0.1) is 0 Å². The second kappa shape index (κ2) is 6.04. The fraction of sp³-hybridized carbons (Fsp3) is 0.0769. The Bertz CT molecular complexity index is 619. The van der Waals surface area contributed by atoms with Crippen molar-refractivity contribution in [2.75, 3.05) is 5.73 Å². The van der Waals surface area contributed by atoms with Gasteiger partial charge in [0.25, 0.3) is 5.91 Å². The van der Waals surface area contributed by atoms with E-state index < -0.39 is 0 Å². The number of nitrogens with one attached hydrogen (secondary N) is 1. The van der Waals surface area contributed by atoms with Gasteiger partial charge in [0, 0.05) is 11.0 Å². The highest BCUT2D eigenvalue weighted by molar-refractivity contribution is 9.10. The van der Waals surface area contributed by atoms with Gasteiger partial charge in [-0.05, 0) is 17.7 Å². The third-order valence-corrected chi connectivity index (χ3v) is 3.58. The molecule has 0 aliphatic rings. The van der Waals surface area contributed by atoms with Crippen molar-refractivity contribution in [3.05, 3.63) is 57.3 Å². The summed E-state index contributed by atoms with van der Waals surface area (Å²) in [6, 6.07) is 9.15. The van der Waals surface area contributed by atoms with Gasteiger partial charge in [-0.15, -0.1) is 0 Å². The minimum Gasteiger partial charge on any atom is -0.397 e. The topological polar surface area (TPSA) is 68.0 Å². The number of hydrogen-bond acceptors (Lipinski definition) is 3. The van der Waals surface area contributed by atoms with Gasteiger partial charge in [-0.25, -0.2) is 4.98 Å². The van der Waals surface area contributed by atoms with E-state index in [0.29, 0.717) is 12.2 Å². The fourth-order valence-corrected chi connectivity index (χ4v) is 2.15. The Kier molecular flexibility index (Phi) is 4.39. The van der Waals surface area contributed by atoms with Crippen LogP contribution >= 0.6 is 27.5 Å². The molecule has 3 N–H and O–H groups in total.